The molecule has 0 aliphatic heterocycles. The van der Waals surface area contributed by atoms with Gasteiger partial charge in [0.2, 0.25) is 0 Å². The van der Waals surface area contributed by atoms with E-state index in [9.17, 15) is 31.1 Å². The quantitative estimate of drug-likeness (QED) is 0.342. The first-order valence-corrected chi connectivity index (χ1v) is 9.13. The standard InChI is InChI=1S/C18H10Cl2F6N4O2/c19-11-7-10(3-4-14(11)32-18(24,25)26)28-29-16(31)13-2-1-5-30(13)15-12(20)6-9(8-27-15)17(21,22)23/h1-8,28H,(H,29,31). The maximum atomic E-state index is 12.8. The number of nitrogens with zero attached hydrogens (tertiary/aromatic N) is 2. The Balaban J connectivity index is 1.75. The van der Waals surface area contributed by atoms with E-state index in [0.29, 0.717) is 12.3 Å². The maximum absolute atomic E-state index is 12.8. The van der Waals surface area contributed by atoms with Gasteiger partial charge in [0.1, 0.15) is 11.4 Å². The van der Waals surface area contributed by atoms with Crippen LogP contribution in [-0.4, -0.2) is 21.8 Å². The molecule has 6 nitrogen and oxygen atoms in total. The highest BCUT2D eigenvalue weighted by atomic mass is 35.5. The van der Waals surface area contributed by atoms with Crippen LogP contribution in [0.5, 0.6) is 5.75 Å². The molecule has 0 saturated carbocycles. The van der Waals surface area contributed by atoms with Crippen LogP contribution >= 0.6 is 23.2 Å². The molecule has 0 saturated heterocycles. The molecule has 2 aromatic heterocycles. The Kier molecular flexibility index (Phi) is 6.46. The van der Waals surface area contributed by atoms with E-state index >= 15 is 0 Å². The average molecular weight is 499 g/mol. The highest BCUT2D eigenvalue weighted by Crippen LogP contribution is 2.33. The second-order valence-corrected chi connectivity index (χ2v) is 6.88. The van der Waals surface area contributed by atoms with E-state index in [2.05, 4.69) is 20.6 Å². The third-order valence-corrected chi connectivity index (χ3v) is 4.41. The molecule has 32 heavy (non-hydrogen) atoms. The molecule has 0 spiro atoms. The van der Waals surface area contributed by atoms with Crippen molar-refractivity contribution in [2.24, 2.45) is 0 Å². The molecule has 3 aromatic rings. The van der Waals surface area contributed by atoms with Crippen LogP contribution in [0.25, 0.3) is 5.82 Å². The highest BCUT2D eigenvalue weighted by molar-refractivity contribution is 6.32. The molecular weight excluding hydrogens is 489 g/mol. The number of anilines is 1. The zero-order chi connectivity index (χ0) is 23.7. The fourth-order valence-electron chi connectivity index (χ4n) is 2.49. The Morgan fingerprint density at radius 1 is 1.03 bits per heavy atom. The Labute approximate surface area is 185 Å². The minimum absolute atomic E-state index is 0.0465. The van der Waals surface area contributed by atoms with Gasteiger partial charge >= 0.3 is 12.5 Å². The number of pyridine rings is 1. The van der Waals surface area contributed by atoms with Gasteiger partial charge in [0.15, 0.2) is 5.82 Å². The van der Waals surface area contributed by atoms with Crippen molar-refractivity contribution in [1.29, 1.82) is 0 Å². The molecular formula is C18H10Cl2F6N4O2. The van der Waals surface area contributed by atoms with Crippen molar-refractivity contribution < 1.29 is 35.9 Å². The number of amides is 1. The van der Waals surface area contributed by atoms with Crippen molar-refractivity contribution in [3.05, 3.63) is 70.1 Å². The predicted octanol–water partition coefficient (Wildman–Crippen LogP) is 5.85. The number of hydrogen-bond acceptors (Lipinski definition) is 4. The Hall–Kier alpha value is -3.12. The fourth-order valence-corrected chi connectivity index (χ4v) is 2.97. The number of carbonyl (C=O) groups excluding carboxylic acids is 1. The SMILES string of the molecule is O=C(NNc1ccc(OC(F)(F)F)c(Cl)c1)c1cccn1-c1ncc(C(F)(F)F)cc1Cl. The van der Waals surface area contributed by atoms with Crippen molar-refractivity contribution >= 4 is 34.8 Å². The Morgan fingerprint density at radius 3 is 2.34 bits per heavy atom. The molecule has 0 aliphatic rings. The summed E-state index contributed by atoms with van der Waals surface area (Å²) >= 11 is 11.7. The second-order valence-electron chi connectivity index (χ2n) is 6.06. The zero-order valence-electron chi connectivity index (χ0n) is 15.4. The number of hydrogen-bond donors (Lipinski definition) is 2. The monoisotopic (exact) mass is 498 g/mol. The van der Waals surface area contributed by atoms with Crippen LogP contribution in [-0.2, 0) is 6.18 Å². The van der Waals surface area contributed by atoms with E-state index in [1.165, 1.54) is 24.4 Å². The number of rotatable bonds is 5. The number of ether oxygens (including phenoxy) is 1. The Morgan fingerprint density at radius 2 is 1.75 bits per heavy atom. The first-order chi connectivity index (χ1) is 14.8. The fraction of sp³-hybridized carbons (Fsp3) is 0.111. The lowest BCUT2D eigenvalue weighted by atomic mass is 10.2. The molecule has 2 N–H and O–H groups in total. The normalized spacial score (nSPS) is 11.9. The molecule has 0 aliphatic carbocycles. The highest BCUT2D eigenvalue weighted by Gasteiger charge is 2.33. The van der Waals surface area contributed by atoms with Gasteiger partial charge in [0.25, 0.3) is 5.91 Å². The van der Waals surface area contributed by atoms with Crippen LogP contribution in [0, 0.1) is 0 Å². The molecule has 0 bridgehead atoms. The number of hydrazine groups is 1. The third-order valence-electron chi connectivity index (χ3n) is 3.84. The molecule has 14 heteroatoms. The van der Waals surface area contributed by atoms with Gasteiger partial charge in [0, 0.05) is 12.4 Å². The minimum Gasteiger partial charge on any atom is -0.404 e. The smallest absolute Gasteiger partial charge is 0.404 e. The summed E-state index contributed by atoms with van der Waals surface area (Å²) in [7, 11) is 0. The van der Waals surface area contributed by atoms with Crippen molar-refractivity contribution in [2.45, 2.75) is 12.5 Å². The average Bonchev–Trinajstić information content (AvgIpc) is 3.16. The third kappa shape index (κ3) is 5.56. The summed E-state index contributed by atoms with van der Waals surface area (Å²) in [6, 6.07) is 6.65. The van der Waals surface area contributed by atoms with E-state index in [-0.39, 0.29) is 27.2 Å². The summed E-state index contributed by atoms with van der Waals surface area (Å²) in [6.07, 6.45) is -7.63. The molecule has 1 amide bonds. The maximum Gasteiger partial charge on any atom is 0.573 e. The van der Waals surface area contributed by atoms with E-state index < -0.39 is 29.8 Å². The number of nitrogens with one attached hydrogen (secondary N) is 2. The van der Waals surface area contributed by atoms with Gasteiger partial charge in [-0.15, -0.1) is 13.2 Å². The van der Waals surface area contributed by atoms with Crippen molar-refractivity contribution in [3.63, 3.8) is 0 Å². The lowest BCUT2D eigenvalue weighted by Crippen LogP contribution is -2.31. The predicted molar refractivity (Wildman–Crippen MR) is 103 cm³/mol. The first-order valence-electron chi connectivity index (χ1n) is 8.37. The number of alkyl halides is 6. The van der Waals surface area contributed by atoms with Gasteiger partial charge < -0.3 is 4.74 Å². The molecule has 0 atom stereocenters. The van der Waals surface area contributed by atoms with Crippen molar-refractivity contribution in [2.75, 3.05) is 5.43 Å². The van der Waals surface area contributed by atoms with Crippen molar-refractivity contribution in [1.82, 2.24) is 15.0 Å². The lowest BCUT2D eigenvalue weighted by Gasteiger charge is -2.14. The summed E-state index contributed by atoms with van der Waals surface area (Å²) in [5, 5.41) is -0.712. The van der Waals surface area contributed by atoms with Gasteiger partial charge in [-0.3, -0.25) is 20.2 Å². The summed E-state index contributed by atoms with van der Waals surface area (Å²) in [6.45, 7) is 0. The van der Waals surface area contributed by atoms with Crippen LogP contribution in [0.2, 0.25) is 10.0 Å². The van der Waals surface area contributed by atoms with E-state index in [0.717, 1.165) is 16.7 Å². The van der Waals surface area contributed by atoms with Gasteiger partial charge in [-0.05, 0) is 36.4 Å². The van der Waals surface area contributed by atoms with E-state index in [4.69, 9.17) is 23.2 Å². The largest absolute Gasteiger partial charge is 0.573 e. The van der Waals surface area contributed by atoms with Crippen LogP contribution in [0.4, 0.5) is 32.0 Å². The van der Waals surface area contributed by atoms with E-state index in [1.54, 1.807) is 0 Å². The van der Waals surface area contributed by atoms with Gasteiger partial charge in [-0.2, -0.15) is 13.2 Å². The summed E-state index contributed by atoms with van der Waals surface area (Å²) < 4.78 is 80.2. The molecule has 0 fully saturated rings. The first kappa shape index (κ1) is 23.5. The van der Waals surface area contributed by atoms with Gasteiger partial charge in [-0.1, -0.05) is 23.2 Å². The second kappa shape index (κ2) is 8.79. The molecule has 1 aromatic carbocycles. The number of aromatic nitrogens is 2. The number of halogens is 8. The van der Waals surface area contributed by atoms with Crippen molar-refractivity contribution in [3.8, 4) is 11.6 Å². The molecule has 0 radical (unpaired) electrons. The van der Waals surface area contributed by atoms with Crippen LogP contribution in [0.3, 0.4) is 0 Å². The van der Waals surface area contributed by atoms with Crippen LogP contribution in [0.15, 0.2) is 48.8 Å². The summed E-state index contributed by atoms with van der Waals surface area (Å²) in [5.74, 6) is -1.50. The van der Waals surface area contributed by atoms with E-state index in [1.807, 2.05) is 0 Å². The Bertz CT molecular complexity index is 1150. The molecule has 0 unspecified atom stereocenters. The topological polar surface area (TPSA) is 68.2 Å². The molecule has 170 valence electrons. The summed E-state index contributed by atoms with van der Waals surface area (Å²) in [4.78, 5) is 16.2. The van der Waals surface area contributed by atoms with Crippen LogP contribution < -0.4 is 15.6 Å². The lowest BCUT2D eigenvalue weighted by molar-refractivity contribution is -0.274. The number of carbonyl (C=O) groups is 1. The zero-order valence-corrected chi connectivity index (χ0v) is 16.9. The summed E-state index contributed by atoms with van der Waals surface area (Å²) in [5.41, 5.74) is 3.75. The number of benzene rings is 1. The van der Waals surface area contributed by atoms with Gasteiger partial charge in [0.05, 0.1) is 21.3 Å². The van der Waals surface area contributed by atoms with Gasteiger partial charge in [-0.25, -0.2) is 4.98 Å². The molecule has 2 heterocycles. The molecule has 3 rings (SSSR count). The minimum atomic E-state index is -4.92. The van der Waals surface area contributed by atoms with Crippen LogP contribution in [0.1, 0.15) is 16.1 Å².